The molecule has 2 aromatic rings. The van der Waals surface area contributed by atoms with Crippen molar-refractivity contribution >= 4 is 11.2 Å². The molecule has 90 valence electrons. The molecule has 0 N–H and O–H groups in total. The van der Waals surface area contributed by atoms with Gasteiger partial charge in [-0.1, -0.05) is 4.85 Å². The lowest BCUT2D eigenvalue weighted by Gasteiger charge is -2.17. The van der Waals surface area contributed by atoms with Crippen molar-refractivity contribution in [3.05, 3.63) is 29.8 Å². The Kier molecular flexibility index (Phi) is 2.95. The van der Waals surface area contributed by atoms with Crippen molar-refractivity contribution in [1.29, 1.82) is 0 Å². The molecule has 2 rings (SSSR count). The number of hydrogen-bond acceptors (Lipinski definition) is 5. The van der Waals surface area contributed by atoms with Crippen molar-refractivity contribution in [2.45, 2.75) is 13.8 Å². The molecule has 0 spiro atoms. The molecule has 0 aliphatic heterocycles. The van der Waals surface area contributed by atoms with Gasteiger partial charge in [0.25, 0.3) is 0 Å². The van der Waals surface area contributed by atoms with E-state index in [-0.39, 0.29) is 0 Å². The number of aromatic nitrogens is 4. The van der Waals surface area contributed by atoms with Crippen LogP contribution in [-0.2, 0) is 0 Å². The van der Waals surface area contributed by atoms with Gasteiger partial charge in [0.15, 0.2) is 0 Å². The molecule has 2 aromatic heterocycles. The number of pyridine rings is 1. The molecule has 6 heteroatoms. The van der Waals surface area contributed by atoms with Crippen LogP contribution in [0.15, 0.2) is 29.8 Å². The van der Waals surface area contributed by atoms with Crippen molar-refractivity contribution in [3.63, 3.8) is 0 Å². The van der Waals surface area contributed by atoms with Crippen molar-refractivity contribution in [1.82, 2.24) is 25.0 Å². The average molecular weight is 233 g/mol. The summed E-state index contributed by atoms with van der Waals surface area (Å²) in [5, 5.41) is 7.90. The summed E-state index contributed by atoms with van der Waals surface area (Å²) in [6.07, 6.45) is 1.68. The molecular formula is C11H15N5O. The molecule has 0 saturated heterocycles. The Balaban J connectivity index is 2.39. The zero-order valence-corrected chi connectivity index (χ0v) is 10.4. The normalized spacial score (nSPS) is 10.4. The van der Waals surface area contributed by atoms with Gasteiger partial charge in [-0.05, 0) is 36.8 Å². The Morgan fingerprint density at radius 1 is 1.35 bits per heavy atom. The van der Waals surface area contributed by atoms with E-state index in [0.717, 1.165) is 11.5 Å². The Bertz CT molecular complexity index is 554. The van der Waals surface area contributed by atoms with Crippen LogP contribution in [-0.4, -0.2) is 39.1 Å². The second-order valence-corrected chi connectivity index (χ2v) is 4.10. The monoisotopic (exact) mass is 233 g/mol. The zero-order valence-electron chi connectivity index (χ0n) is 10.4. The summed E-state index contributed by atoms with van der Waals surface area (Å²) in [6, 6.07) is 3.65. The predicted octanol–water partition coefficient (Wildman–Crippen LogP) is 1.07. The summed E-state index contributed by atoms with van der Waals surface area (Å²) in [6.45, 7) is 3.95. The van der Waals surface area contributed by atoms with E-state index >= 15 is 0 Å². The molecule has 0 aliphatic rings. The summed E-state index contributed by atoms with van der Waals surface area (Å²) < 4.78 is 0. The molecule has 0 amide bonds. The van der Waals surface area contributed by atoms with E-state index < -0.39 is 0 Å². The summed E-state index contributed by atoms with van der Waals surface area (Å²) in [7, 11) is 3.82. The van der Waals surface area contributed by atoms with Gasteiger partial charge in [0.2, 0.25) is 11.5 Å². The first-order valence-electron chi connectivity index (χ1n) is 5.29. The minimum absolute atomic E-state index is 0.605. The fourth-order valence-electron chi connectivity index (χ4n) is 1.51. The summed E-state index contributed by atoms with van der Waals surface area (Å²) in [5.74, 6) is 0.724. The molecular weight excluding hydrogens is 218 g/mol. The number of allylic oxidation sites excluding steroid dienone is 1. The van der Waals surface area contributed by atoms with Gasteiger partial charge >= 0.3 is 0 Å². The minimum atomic E-state index is 0.605. The quantitative estimate of drug-likeness (QED) is 0.742. The van der Waals surface area contributed by atoms with Crippen LogP contribution in [0.25, 0.3) is 11.2 Å². The Morgan fingerprint density at radius 2 is 2.12 bits per heavy atom. The third-order valence-electron chi connectivity index (χ3n) is 2.19. The third kappa shape index (κ3) is 2.20. The Morgan fingerprint density at radius 3 is 2.76 bits per heavy atom. The number of nitrogens with zero attached hydrogens (tertiary/aromatic N) is 5. The zero-order chi connectivity index (χ0) is 12.4. The van der Waals surface area contributed by atoms with Gasteiger partial charge in [-0.3, -0.25) is 0 Å². The predicted molar refractivity (Wildman–Crippen MR) is 64.0 cm³/mol. The van der Waals surface area contributed by atoms with E-state index in [1.54, 1.807) is 6.20 Å². The molecule has 0 saturated carbocycles. The maximum Gasteiger partial charge on any atom is 0.223 e. The number of fused-ring (bicyclic) bond motifs is 1. The molecule has 0 aliphatic carbocycles. The molecule has 17 heavy (non-hydrogen) atoms. The van der Waals surface area contributed by atoms with E-state index in [9.17, 15) is 0 Å². The van der Waals surface area contributed by atoms with Gasteiger partial charge in [0.05, 0.1) is 0 Å². The molecule has 2 heterocycles. The first-order valence-corrected chi connectivity index (χ1v) is 5.29. The highest BCUT2D eigenvalue weighted by Crippen LogP contribution is 2.09. The highest BCUT2D eigenvalue weighted by atomic mass is 16.7. The molecule has 6 nitrogen and oxygen atoms in total. The summed E-state index contributed by atoms with van der Waals surface area (Å²) >= 11 is 0. The maximum atomic E-state index is 5.68. The second-order valence-electron chi connectivity index (χ2n) is 4.10. The lowest BCUT2D eigenvalue weighted by atomic mass is 10.3. The van der Waals surface area contributed by atoms with Crippen LogP contribution >= 0.6 is 0 Å². The van der Waals surface area contributed by atoms with Crippen LogP contribution < -0.4 is 4.84 Å². The average Bonchev–Trinajstić information content (AvgIpc) is 2.68. The van der Waals surface area contributed by atoms with Gasteiger partial charge < -0.3 is 9.74 Å². The minimum Gasteiger partial charge on any atom is -0.347 e. The van der Waals surface area contributed by atoms with Crippen LogP contribution in [0.3, 0.4) is 0 Å². The van der Waals surface area contributed by atoms with Gasteiger partial charge in [0.1, 0.15) is 5.52 Å². The standard InChI is InChI=1S/C11H15N5O/c1-8(2)11(15(3)4)17-16-10-9(13-14-16)6-5-7-12-10/h5-7H,1-4H3. The Labute approximate surface area is 99.5 Å². The molecule has 0 atom stereocenters. The largest absolute Gasteiger partial charge is 0.347 e. The smallest absolute Gasteiger partial charge is 0.223 e. The van der Waals surface area contributed by atoms with Crippen LogP contribution in [0.1, 0.15) is 13.8 Å². The van der Waals surface area contributed by atoms with Crippen LogP contribution in [0.5, 0.6) is 0 Å². The highest BCUT2D eigenvalue weighted by molar-refractivity contribution is 5.68. The fraction of sp³-hybridized carbons (Fsp3) is 0.364. The lowest BCUT2D eigenvalue weighted by Crippen LogP contribution is -2.25. The van der Waals surface area contributed by atoms with Crippen LogP contribution in [0, 0.1) is 0 Å². The molecule has 0 radical (unpaired) electrons. The molecule has 0 fully saturated rings. The summed E-state index contributed by atoms with van der Waals surface area (Å²) in [4.78, 5) is 13.1. The van der Waals surface area contributed by atoms with E-state index in [1.165, 1.54) is 4.85 Å². The first-order chi connectivity index (χ1) is 8.09. The lowest BCUT2D eigenvalue weighted by molar-refractivity contribution is 0.0940. The van der Waals surface area contributed by atoms with Crippen LogP contribution in [0.4, 0.5) is 0 Å². The number of rotatable bonds is 3. The maximum absolute atomic E-state index is 5.68. The second kappa shape index (κ2) is 4.40. The van der Waals surface area contributed by atoms with Crippen molar-refractivity contribution in [2.24, 2.45) is 0 Å². The topological polar surface area (TPSA) is 56.1 Å². The van der Waals surface area contributed by atoms with Crippen molar-refractivity contribution in [2.75, 3.05) is 14.1 Å². The van der Waals surface area contributed by atoms with Crippen molar-refractivity contribution < 1.29 is 4.84 Å². The molecule has 0 bridgehead atoms. The van der Waals surface area contributed by atoms with Gasteiger partial charge in [-0.15, -0.1) is 5.10 Å². The third-order valence-corrected chi connectivity index (χ3v) is 2.19. The van der Waals surface area contributed by atoms with E-state index in [1.807, 2.05) is 45.0 Å². The van der Waals surface area contributed by atoms with Gasteiger partial charge in [-0.25, -0.2) is 4.98 Å². The van der Waals surface area contributed by atoms with E-state index in [0.29, 0.717) is 11.2 Å². The molecule has 0 unspecified atom stereocenters. The SMILES string of the molecule is CC(C)=C(On1nnc2cccnc21)N(C)C. The van der Waals surface area contributed by atoms with Crippen LogP contribution in [0.2, 0.25) is 0 Å². The number of hydrogen-bond donors (Lipinski definition) is 0. The van der Waals surface area contributed by atoms with Crippen molar-refractivity contribution in [3.8, 4) is 0 Å². The first kappa shape index (κ1) is 11.4. The Hall–Kier alpha value is -2.11. The van der Waals surface area contributed by atoms with E-state index in [4.69, 9.17) is 4.84 Å². The molecule has 0 aromatic carbocycles. The highest BCUT2D eigenvalue weighted by Gasteiger charge is 2.10. The van der Waals surface area contributed by atoms with Gasteiger partial charge in [0, 0.05) is 20.3 Å². The summed E-state index contributed by atoms with van der Waals surface area (Å²) in [5.41, 5.74) is 2.36. The fourth-order valence-corrected chi connectivity index (χ4v) is 1.51. The van der Waals surface area contributed by atoms with E-state index in [2.05, 4.69) is 15.3 Å². The van der Waals surface area contributed by atoms with Gasteiger partial charge in [-0.2, -0.15) is 0 Å².